The molecule has 8 nitrogen and oxygen atoms in total. The molecule has 0 saturated heterocycles. The van der Waals surface area contributed by atoms with Crippen molar-refractivity contribution in [3.63, 3.8) is 0 Å². The Labute approximate surface area is 176 Å². The lowest BCUT2D eigenvalue weighted by molar-refractivity contribution is -0.150. The van der Waals surface area contributed by atoms with E-state index in [2.05, 4.69) is 10.3 Å². The summed E-state index contributed by atoms with van der Waals surface area (Å²) in [5, 5.41) is 12.9. The zero-order valence-corrected chi connectivity index (χ0v) is 17.7. The Hall–Kier alpha value is -2.88. The molecule has 0 spiro atoms. The largest absolute Gasteiger partial charge is 0.351 e. The molecule has 2 aromatic rings. The van der Waals surface area contributed by atoms with Crippen molar-refractivity contribution in [3.05, 3.63) is 53.1 Å². The fourth-order valence-electron chi connectivity index (χ4n) is 2.51. The Morgan fingerprint density at radius 3 is 2.67 bits per heavy atom. The topological polar surface area (TPSA) is 104 Å². The minimum atomic E-state index is -0.539. The van der Waals surface area contributed by atoms with Gasteiger partial charge in [0.2, 0.25) is 5.91 Å². The number of aryl methyl sites for hydroxylation is 1. The van der Waals surface area contributed by atoms with Gasteiger partial charge in [-0.2, -0.15) is 5.06 Å². The van der Waals surface area contributed by atoms with Crippen LogP contribution in [0.5, 0.6) is 0 Å². The van der Waals surface area contributed by atoms with Crippen LogP contribution in [-0.2, 0) is 16.1 Å². The van der Waals surface area contributed by atoms with Gasteiger partial charge in [0.25, 0.3) is 0 Å². The van der Waals surface area contributed by atoms with E-state index in [-0.39, 0.29) is 18.7 Å². The van der Waals surface area contributed by atoms with E-state index in [1.807, 2.05) is 13.8 Å². The molecule has 0 radical (unpaired) electrons. The highest BCUT2D eigenvalue weighted by Gasteiger charge is 2.12. The number of rotatable bonds is 10. The van der Waals surface area contributed by atoms with Crippen LogP contribution >= 0.6 is 0 Å². The third kappa shape index (κ3) is 7.86. The van der Waals surface area contributed by atoms with Crippen LogP contribution in [0.3, 0.4) is 0 Å². The Bertz CT molecular complexity index is 833. The fourth-order valence-corrected chi connectivity index (χ4v) is 2.51. The number of aldehydes is 1. The molecule has 9 heteroatoms. The number of hydroxylamine groups is 3. The quantitative estimate of drug-likeness (QED) is 0.307. The molecule has 1 aromatic heterocycles. The summed E-state index contributed by atoms with van der Waals surface area (Å²) in [6.45, 7) is 6.34. The van der Waals surface area contributed by atoms with Gasteiger partial charge in [0.05, 0.1) is 30.6 Å². The lowest BCUT2D eigenvalue weighted by Gasteiger charge is -2.17. The van der Waals surface area contributed by atoms with Gasteiger partial charge in [0, 0.05) is 25.4 Å². The Balaban J connectivity index is 0.00000218. The second-order valence-corrected chi connectivity index (χ2v) is 6.21. The van der Waals surface area contributed by atoms with Gasteiger partial charge in [-0.15, -0.1) is 0 Å². The van der Waals surface area contributed by atoms with E-state index in [0.717, 1.165) is 5.56 Å². The van der Waals surface area contributed by atoms with Gasteiger partial charge < -0.3 is 5.32 Å². The molecule has 0 atom stereocenters. The molecule has 0 saturated carbocycles. The summed E-state index contributed by atoms with van der Waals surface area (Å²) < 4.78 is 14.1. The van der Waals surface area contributed by atoms with E-state index in [1.165, 1.54) is 22.8 Å². The number of anilines is 2. The maximum Gasteiger partial charge on any atom is 0.245 e. The predicted molar refractivity (Wildman–Crippen MR) is 112 cm³/mol. The van der Waals surface area contributed by atoms with E-state index >= 15 is 0 Å². The summed E-state index contributed by atoms with van der Waals surface area (Å²) in [5.41, 5.74) is 4.07. The molecule has 0 aliphatic heterocycles. The maximum atomic E-state index is 14.1. The molecule has 164 valence electrons. The Morgan fingerprint density at radius 1 is 1.30 bits per heavy atom. The minimum absolute atomic E-state index is 0.0174. The zero-order valence-electron chi connectivity index (χ0n) is 17.7. The third-order valence-electron chi connectivity index (χ3n) is 4.04. The molecule has 1 amide bonds. The summed E-state index contributed by atoms with van der Waals surface area (Å²) in [6.07, 6.45) is 4.23. The first-order valence-electron chi connectivity index (χ1n) is 9.66. The minimum Gasteiger partial charge on any atom is -0.351 e. The van der Waals surface area contributed by atoms with Crippen molar-refractivity contribution >= 4 is 23.6 Å². The van der Waals surface area contributed by atoms with Gasteiger partial charge in [-0.05, 0) is 36.6 Å². The number of carbonyl (C=O) groups is 2. The number of halogens is 1. The van der Waals surface area contributed by atoms with Crippen molar-refractivity contribution in [2.45, 2.75) is 33.6 Å². The van der Waals surface area contributed by atoms with Gasteiger partial charge in [-0.3, -0.25) is 24.6 Å². The van der Waals surface area contributed by atoms with Gasteiger partial charge in [0.1, 0.15) is 5.82 Å². The highest BCUT2D eigenvalue weighted by Crippen LogP contribution is 2.24. The maximum absolute atomic E-state index is 14.1. The standard InChI is InChI=1S/C19H23FN4O4.C2H6/c1-13-3-4-17(16(20)9-13)22-18-11-21-10-14(15(18)12-25)5-7-24(2)28-8-6-19(26)23-27;1-2/h3-4,9-12,22,27H,5-8H2,1-2H3,(H,23,26);1-2H3. The third-order valence-corrected chi connectivity index (χ3v) is 4.04. The first-order chi connectivity index (χ1) is 14.4. The molecule has 0 aliphatic rings. The number of pyridine rings is 1. The molecule has 3 N–H and O–H groups in total. The zero-order chi connectivity index (χ0) is 22.5. The summed E-state index contributed by atoms with van der Waals surface area (Å²) in [5.74, 6) is -0.953. The molecule has 1 heterocycles. The van der Waals surface area contributed by atoms with Crippen LogP contribution in [0.15, 0.2) is 30.6 Å². The smallest absolute Gasteiger partial charge is 0.245 e. The highest BCUT2D eigenvalue weighted by atomic mass is 19.1. The van der Waals surface area contributed by atoms with Crippen LogP contribution in [0.4, 0.5) is 15.8 Å². The molecular formula is C21H29FN4O4. The van der Waals surface area contributed by atoms with E-state index in [1.54, 1.807) is 32.3 Å². The molecule has 0 fully saturated rings. The molecule has 1 aromatic carbocycles. The van der Waals surface area contributed by atoms with Crippen molar-refractivity contribution in [2.24, 2.45) is 0 Å². The summed E-state index contributed by atoms with van der Waals surface area (Å²) in [7, 11) is 1.69. The van der Waals surface area contributed by atoms with Gasteiger partial charge >= 0.3 is 0 Å². The van der Waals surface area contributed by atoms with Crippen molar-refractivity contribution in [1.82, 2.24) is 15.5 Å². The Morgan fingerprint density at radius 2 is 2.03 bits per heavy atom. The number of amides is 1. The number of benzene rings is 1. The number of carbonyl (C=O) groups excluding carboxylic acids is 2. The van der Waals surface area contributed by atoms with E-state index in [9.17, 15) is 14.0 Å². The lowest BCUT2D eigenvalue weighted by atomic mass is 10.1. The molecule has 30 heavy (non-hydrogen) atoms. The summed E-state index contributed by atoms with van der Waals surface area (Å²) >= 11 is 0. The molecule has 0 bridgehead atoms. The number of nitrogens with one attached hydrogen (secondary N) is 2. The molecule has 0 unspecified atom stereocenters. The van der Waals surface area contributed by atoms with Crippen molar-refractivity contribution < 1.29 is 24.0 Å². The van der Waals surface area contributed by atoms with Crippen LogP contribution in [0, 0.1) is 12.7 Å². The van der Waals surface area contributed by atoms with Crippen molar-refractivity contribution in [3.8, 4) is 0 Å². The number of aromatic nitrogens is 1. The normalized spacial score (nSPS) is 10.2. The number of hydrogen-bond donors (Lipinski definition) is 3. The fraction of sp³-hybridized carbons (Fsp3) is 0.381. The number of likely N-dealkylation sites (N-methyl/N-ethyl adjacent to an activating group) is 1. The molecular weight excluding hydrogens is 391 g/mol. The van der Waals surface area contributed by atoms with Crippen LogP contribution < -0.4 is 10.8 Å². The predicted octanol–water partition coefficient (Wildman–Crippen LogP) is 3.41. The number of nitrogens with zero attached hydrogens (tertiary/aromatic N) is 2. The first kappa shape index (κ1) is 25.2. The first-order valence-corrected chi connectivity index (χ1v) is 9.66. The van der Waals surface area contributed by atoms with Crippen LogP contribution in [0.1, 0.15) is 41.8 Å². The van der Waals surface area contributed by atoms with Crippen molar-refractivity contribution in [2.75, 3.05) is 25.5 Å². The summed E-state index contributed by atoms with van der Waals surface area (Å²) in [6, 6.07) is 4.78. The SMILES string of the molecule is CC.Cc1ccc(Nc2cncc(CCN(C)OCCC(=O)NO)c2C=O)c(F)c1. The van der Waals surface area contributed by atoms with E-state index in [0.29, 0.717) is 36.1 Å². The Kier molecular flexibility index (Phi) is 11.2. The summed E-state index contributed by atoms with van der Waals surface area (Å²) in [4.78, 5) is 32.1. The average Bonchev–Trinajstić information content (AvgIpc) is 2.75. The van der Waals surface area contributed by atoms with Gasteiger partial charge in [-0.25, -0.2) is 9.87 Å². The highest BCUT2D eigenvalue weighted by molar-refractivity contribution is 5.87. The molecule has 0 aliphatic carbocycles. The van der Waals surface area contributed by atoms with Crippen LogP contribution in [0.2, 0.25) is 0 Å². The second-order valence-electron chi connectivity index (χ2n) is 6.21. The van der Waals surface area contributed by atoms with E-state index in [4.69, 9.17) is 10.0 Å². The van der Waals surface area contributed by atoms with Crippen LogP contribution in [-0.4, -0.2) is 47.6 Å². The monoisotopic (exact) mass is 420 g/mol. The molecule has 2 rings (SSSR count). The van der Waals surface area contributed by atoms with Crippen LogP contribution in [0.25, 0.3) is 0 Å². The van der Waals surface area contributed by atoms with Gasteiger partial charge in [0.15, 0.2) is 6.29 Å². The lowest BCUT2D eigenvalue weighted by Crippen LogP contribution is -2.26. The van der Waals surface area contributed by atoms with Gasteiger partial charge in [-0.1, -0.05) is 19.9 Å². The van der Waals surface area contributed by atoms with Crippen molar-refractivity contribution in [1.29, 1.82) is 0 Å². The average molecular weight is 420 g/mol. The van der Waals surface area contributed by atoms with E-state index < -0.39 is 11.7 Å². The second kappa shape index (κ2) is 13.4. The number of hydrogen-bond acceptors (Lipinski definition) is 7.